The molecule has 0 aliphatic heterocycles. The lowest BCUT2D eigenvalue weighted by Crippen LogP contribution is -2.12. The number of carbonyl (C=O) groups is 1. The number of hydrogen-bond acceptors (Lipinski definition) is 2. The predicted octanol–water partition coefficient (Wildman–Crippen LogP) is 6.01. The Bertz CT molecular complexity index is 756. The molecular formula is C15H7Br2Cl2NO. The minimum Gasteiger partial charge on any atom is -0.292 e. The first kappa shape index (κ1) is 16.5. The van der Waals surface area contributed by atoms with Gasteiger partial charge in [0.05, 0.1) is 6.07 Å². The third-order valence-corrected chi connectivity index (χ3v) is 4.57. The van der Waals surface area contributed by atoms with E-state index in [-0.39, 0.29) is 5.78 Å². The molecule has 21 heavy (non-hydrogen) atoms. The highest BCUT2D eigenvalue weighted by molar-refractivity contribution is 9.11. The molecule has 0 bridgehead atoms. The molecule has 2 nitrogen and oxygen atoms in total. The van der Waals surface area contributed by atoms with Gasteiger partial charge in [-0.05, 0) is 35.9 Å². The van der Waals surface area contributed by atoms with Crippen molar-refractivity contribution in [1.29, 1.82) is 5.26 Å². The number of rotatable bonds is 3. The van der Waals surface area contributed by atoms with Gasteiger partial charge in [0, 0.05) is 24.6 Å². The van der Waals surface area contributed by atoms with Crippen LogP contribution in [0.15, 0.2) is 45.3 Å². The zero-order chi connectivity index (χ0) is 15.6. The predicted molar refractivity (Wildman–Crippen MR) is 91.0 cm³/mol. The Hall–Kier alpha value is -0.860. The number of carbonyl (C=O) groups excluding carboxylic acids is 1. The number of nitrogens with zero attached hydrogens (tertiary/aromatic N) is 1. The molecule has 106 valence electrons. The van der Waals surface area contributed by atoms with E-state index in [0.29, 0.717) is 25.6 Å². The fourth-order valence-corrected chi connectivity index (χ4v) is 3.61. The van der Waals surface area contributed by atoms with E-state index in [9.17, 15) is 10.1 Å². The summed E-state index contributed by atoms with van der Waals surface area (Å²) in [6.07, 6.45) is 0. The molecule has 1 unspecified atom stereocenters. The van der Waals surface area contributed by atoms with Crippen molar-refractivity contribution >= 4 is 60.8 Å². The first-order valence-electron chi connectivity index (χ1n) is 5.78. The number of hydrogen-bond donors (Lipinski definition) is 0. The molecule has 0 aliphatic carbocycles. The zero-order valence-corrected chi connectivity index (χ0v) is 15.1. The van der Waals surface area contributed by atoms with Crippen molar-refractivity contribution in [2.75, 3.05) is 0 Å². The highest BCUT2D eigenvalue weighted by Gasteiger charge is 2.25. The lowest BCUT2D eigenvalue weighted by atomic mass is 9.92. The van der Waals surface area contributed by atoms with Gasteiger partial charge in [-0.2, -0.15) is 5.26 Å². The molecule has 0 fully saturated rings. The molecule has 1 atom stereocenters. The van der Waals surface area contributed by atoms with Crippen LogP contribution < -0.4 is 0 Å². The van der Waals surface area contributed by atoms with Crippen LogP contribution in [0.4, 0.5) is 0 Å². The van der Waals surface area contributed by atoms with Gasteiger partial charge in [-0.1, -0.05) is 61.1 Å². The average Bonchev–Trinajstić information content (AvgIpc) is 2.41. The van der Waals surface area contributed by atoms with Crippen LogP contribution in [0.25, 0.3) is 0 Å². The quantitative estimate of drug-likeness (QED) is 0.541. The first-order chi connectivity index (χ1) is 9.93. The second-order valence-electron chi connectivity index (χ2n) is 4.22. The summed E-state index contributed by atoms with van der Waals surface area (Å²) in [5.74, 6) is -1.30. The Morgan fingerprint density at radius 3 is 2.43 bits per heavy atom. The zero-order valence-electron chi connectivity index (χ0n) is 10.4. The standard InChI is InChI=1S/C15H7Br2Cl2NO/c16-8-1-3-11(13(17)5-8)15(21)12(7-20)10-4-2-9(18)6-14(10)19/h1-6,12H. The van der Waals surface area contributed by atoms with E-state index in [1.807, 2.05) is 6.07 Å². The highest BCUT2D eigenvalue weighted by Crippen LogP contribution is 2.32. The number of nitriles is 1. The molecule has 2 rings (SSSR count). The maximum atomic E-state index is 12.6. The highest BCUT2D eigenvalue weighted by atomic mass is 79.9. The normalized spacial score (nSPS) is 11.8. The average molecular weight is 448 g/mol. The van der Waals surface area contributed by atoms with Gasteiger partial charge in [0.1, 0.15) is 5.92 Å². The van der Waals surface area contributed by atoms with Crippen molar-refractivity contribution in [2.24, 2.45) is 0 Å². The SMILES string of the molecule is N#CC(C(=O)c1ccc(Br)cc1Br)c1ccc(Cl)cc1Cl. The molecule has 2 aromatic rings. The van der Waals surface area contributed by atoms with E-state index in [1.165, 1.54) is 6.07 Å². The summed E-state index contributed by atoms with van der Waals surface area (Å²) in [5.41, 5.74) is 0.874. The van der Waals surface area contributed by atoms with Crippen LogP contribution in [0.3, 0.4) is 0 Å². The molecule has 0 saturated heterocycles. The molecule has 2 aromatic carbocycles. The summed E-state index contributed by atoms with van der Waals surface area (Å²) >= 11 is 18.6. The van der Waals surface area contributed by atoms with Gasteiger partial charge in [0.25, 0.3) is 0 Å². The second kappa shape index (κ2) is 6.93. The van der Waals surface area contributed by atoms with Crippen LogP contribution >= 0.6 is 55.1 Å². The van der Waals surface area contributed by atoms with Crippen molar-refractivity contribution in [2.45, 2.75) is 5.92 Å². The fraction of sp³-hybridized carbons (Fsp3) is 0.0667. The van der Waals surface area contributed by atoms with Gasteiger partial charge in [0.15, 0.2) is 5.78 Å². The number of Topliss-reactive ketones (excluding diaryl/α,β-unsaturated/α-hetero) is 1. The summed E-state index contributed by atoms with van der Waals surface area (Å²) in [5, 5.41) is 10.1. The second-order valence-corrected chi connectivity index (χ2v) is 6.83. The van der Waals surface area contributed by atoms with E-state index in [4.69, 9.17) is 23.2 Å². The largest absolute Gasteiger partial charge is 0.292 e. The molecule has 6 heteroatoms. The molecule has 0 heterocycles. The van der Waals surface area contributed by atoms with Gasteiger partial charge in [-0.15, -0.1) is 0 Å². The lowest BCUT2D eigenvalue weighted by molar-refractivity contribution is 0.0978. The Morgan fingerprint density at radius 1 is 1.14 bits per heavy atom. The number of benzene rings is 2. The minimum atomic E-state index is -0.979. The maximum absolute atomic E-state index is 12.6. The van der Waals surface area contributed by atoms with Crippen LogP contribution in [0.5, 0.6) is 0 Å². The Morgan fingerprint density at radius 2 is 1.86 bits per heavy atom. The van der Waals surface area contributed by atoms with E-state index in [0.717, 1.165) is 4.47 Å². The van der Waals surface area contributed by atoms with E-state index < -0.39 is 5.92 Å². The summed E-state index contributed by atoms with van der Waals surface area (Å²) in [7, 11) is 0. The lowest BCUT2D eigenvalue weighted by Gasteiger charge is -2.12. The summed E-state index contributed by atoms with van der Waals surface area (Å²) in [4.78, 5) is 12.6. The topological polar surface area (TPSA) is 40.9 Å². The number of ketones is 1. The molecule has 0 amide bonds. The van der Waals surface area contributed by atoms with Crippen molar-refractivity contribution in [3.63, 3.8) is 0 Å². The molecule has 0 radical (unpaired) electrons. The van der Waals surface area contributed by atoms with Crippen LogP contribution in [0.1, 0.15) is 21.8 Å². The van der Waals surface area contributed by atoms with Crippen molar-refractivity contribution in [3.05, 3.63) is 66.5 Å². The fourth-order valence-electron chi connectivity index (χ4n) is 1.85. The van der Waals surface area contributed by atoms with Gasteiger partial charge < -0.3 is 0 Å². The molecule has 0 aromatic heterocycles. The van der Waals surface area contributed by atoms with Gasteiger partial charge in [0.2, 0.25) is 0 Å². The van der Waals surface area contributed by atoms with Crippen LogP contribution in [0.2, 0.25) is 10.0 Å². The molecule has 0 N–H and O–H groups in total. The van der Waals surface area contributed by atoms with E-state index in [2.05, 4.69) is 31.9 Å². The maximum Gasteiger partial charge on any atom is 0.185 e. The Kier molecular flexibility index (Phi) is 5.45. The van der Waals surface area contributed by atoms with Gasteiger partial charge >= 0.3 is 0 Å². The van der Waals surface area contributed by atoms with Crippen LogP contribution in [-0.4, -0.2) is 5.78 Å². The van der Waals surface area contributed by atoms with Gasteiger partial charge in [-0.25, -0.2) is 0 Å². The van der Waals surface area contributed by atoms with Crippen molar-refractivity contribution in [1.82, 2.24) is 0 Å². The van der Waals surface area contributed by atoms with Crippen LogP contribution in [0, 0.1) is 11.3 Å². The number of halogens is 4. The third-order valence-electron chi connectivity index (χ3n) is 2.86. The Labute approximate surface area is 148 Å². The van der Waals surface area contributed by atoms with E-state index in [1.54, 1.807) is 30.3 Å². The minimum absolute atomic E-state index is 0.302. The third kappa shape index (κ3) is 3.67. The molecule has 0 aliphatic rings. The summed E-state index contributed by atoms with van der Waals surface area (Å²) in [6, 6.07) is 11.9. The molecular weight excluding hydrogens is 441 g/mol. The molecule has 0 saturated carbocycles. The monoisotopic (exact) mass is 445 g/mol. The summed E-state index contributed by atoms with van der Waals surface area (Å²) < 4.78 is 1.45. The summed E-state index contributed by atoms with van der Waals surface area (Å²) in [6.45, 7) is 0. The van der Waals surface area contributed by atoms with Crippen LogP contribution in [-0.2, 0) is 0 Å². The first-order valence-corrected chi connectivity index (χ1v) is 8.12. The Balaban J connectivity index is 2.46. The van der Waals surface area contributed by atoms with E-state index >= 15 is 0 Å². The van der Waals surface area contributed by atoms with Crippen molar-refractivity contribution < 1.29 is 4.79 Å². The smallest absolute Gasteiger partial charge is 0.185 e. The van der Waals surface area contributed by atoms with Gasteiger partial charge in [-0.3, -0.25) is 4.79 Å². The van der Waals surface area contributed by atoms with Crippen molar-refractivity contribution in [3.8, 4) is 6.07 Å². The molecule has 0 spiro atoms.